The average molecular weight is 320 g/mol. The van der Waals surface area contributed by atoms with Crippen LogP contribution in [0.3, 0.4) is 0 Å². The Hall–Kier alpha value is -2.58. The van der Waals surface area contributed by atoms with Gasteiger partial charge in [-0.15, -0.1) is 0 Å². The Morgan fingerprint density at radius 1 is 0.826 bits per heavy atom. The molecular weight excluding hydrogens is 306 g/mol. The van der Waals surface area contributed by atoms with Crippen molar-refractivity contribution in [1.29, 1.82) is 0 Å². The summed E-state index contributed by atoms with van der Waals surface area (Å²) in [5.74, 6) is 0. The van der Waals surface area contributed by atoms with Crippen molar-refractivity contribution in [3.05, 3.63) is 87.7 Å². The molecule has 0 amide bonds. The Morgan fingerprint density at radius 2 is 1.48 bits per heavy atom. The standard InChI is InChI=1S/C20H14ClNO/c1-13-12-14(21)10-11-18(13)22-19-9-5-4-7-16(19)15-6-2-3-8-17(15)20(22)23/h2-12H,1H3. The van der Waals surface area contributed by atoms with Gasteiger partial charge in [0, 0.05) is 15.8 Å². The third-order valence-corrected chi connectivity index (χ3v) is 4.43. The summed E-state index contributed by atoms with van der Waals surface area (Å²) in [6.45, 7) is 1.97. The van der Waals surface area contributed by atoms with Gasteiger partial charge in [-0.1, -0.05) is 48.0 Å². The van der Waals surface area contributed by atoms with Gasteiger partial charge < -0.3 is 0 Å². The number of hydrogen-bond acceptors (Lipinski definition) is 1. The Morgan fingerprint density at radius 3 is 2.22 bits per heavy atom. The van der Waals surface area contributed by atoms with Crippen LogP contribution in [-0.2, 0) is 0 Å². The molecule has 0 spiro atoms. The summed E-state index contributed by atoms with van der Waals surface area (Å²) in [5.41, 5.74) is 2.73. The zero-order chi connectivity index (χ0) is 16.0. The third kappa shape index (κ3) is 2.14. The van der Waals surface area contributed by atoms with Crippen molar-refractivity contribution in [2.75, 3.05) is 0 Å². The fourth-order valence-electron chi connectivity index (χ4n) is 3.14. The first-order valence-corrected chi connectivity index (χ1v) is 7.83. The molecule has 0 bridgehead atoms. The van der Waals surface area contributed by atoms with Gasteiger partial charge in [-0.25, -0.2) is 0 Å². The molecule has 0 saturated carbocycles. The second-order valence-corrected chi connectivity index (χ2v) is 6.07. The first-order valence-electron chi connectivity index (χ1n) is 7.46. The minimum absolute atomic E-state index is 0.00952. The molecule has 1 heterocycles. The van der Waals surface area contributed by atoms with Crippen molar-refractivity contribution in [2.24, 2.45) is 0 Å². The highest BCUT2D eigenvalue weighted by molar-refractivity contribution is 6.30. The SMILES string of the molecule is Cc1cc(Cl)ccc1-n1c(=O)c2ccccc2c2ccccc21. The lowest BCUT2D eigenvalue weighted by Crippen LogP contribution is -2.20. The van der Waals surface area contributed by atoms with Crippen molar-refractivity contribution in [2.45, 2.75) is 6.92 Å². The minimum atomic E-state index is -0.00952. The Kier molecular flexibility index (Phi) is 3.21. The molecule has 2 nitrogen and oxygen atoms in total. The van der Waals surface area contributed by atoms with E-state index in [1.54, 1.807) is 4.57 Å². The van der Waals surface area contributed by atoms with Crippen molar-refractivity contribution in [1.82, 2.24) is 4.57 Å². The van der Waals surface area contributed by atoms with Gasteiger partial charge in [-0.05, 0) is 48.2 Å². The number of aryl methyl sites for hydroxylation is 1. The van der Waals surface area contributed by atoms with Crippen LogP contribution in [0.4, 0.5) is 0 Å². The average Bonchev–Trinajstić information content (AvgIpc) is 2.57. The van der Waals surface area contributed by atoms with Crippen LogP contribution in [0.25, 0.3) is 27.4 Å². The predicted octanol–water partition coefficient (Wildman–Crippen LogP) is 5.11. The van der Waals surface area contributed by atoms with Crippen molar-refractivity contribution in [3.8, 4) is 5.69 Å². The van der Waals surface area contributed by atoms with E-state index in [4.69, 9.17) is 11.6 Å². The maximum Gasteiger partial charge on any atom is 0.263 e. The maximum atomic E-state index is 13.1. The first-order chi connectivity index (χ1) is 11.2. The van der Waals surface area contributed by atoms with Gasteiger partial charge in [0.15, 0.2) is 0 Å². The van der Waals surface area contributed by atoms with Crippen LogP contribution in [-0.4, -0.2) is 4.57 Å². The monoisotopic (exact) mass is 319 g/mol. The molecule has 3 heteroatoms. The van der Waals surface area contributed by atoms with Gasteiger partial charge in [0.25, 0.3) is 5.56 Å². The fraction of sp³-hybridized carbons (Fsp3) is 0.0500. The minimum Gasteiger partial charge on any atom is -0.276 e. The Labute approximate surface area is 138 Å². The summed E-state index contributed by atoms with van der Waals surface area (Å²) in [4.78, 5) is 13.1. The van der Waals surface area contributed by atoms with E-state index in [1.165, 1.54) is 0 Å². The van der Waals surface area contributed by atoms with Gasteiger partial charge in [-0.2, -0.15) is 0 Å². The normalized spacial score (nSPS) is 11.2. The molecule has 4 aromatic rings. The molecule has 112 valence electrons. The molecule has 0 radical (unpaired) electrons. The summed E-state index contributed by atoms with van der Waals surface area (Å²) in [6, 6.07) is 21.3. The summed E-state index contributed by atoms with van der Waals surface area (Å²) >= 11 is 6.07. The Bertz CT molecular complexity index is 1110. The van der Waals surface area contributed by atoms with Crippen molar-refractivity contribution >= 4 is 33.3 Å². The highest BCUT2D eigenvalue weighted by Crippen LogP contribution is 2.26. The third-order valence-electron chi connectivity index (χ3n) is 4.20. The summed E-state index contributed by atoms with van der Waals surface area (Å²) in [6.07, 6.45) is 0. The molecule has 3 aromatic carbocycles. The number of hydrogen-bond donors (Lipinski definition) is 0. The highest BCUT2D eigenvalue weighted by atomic mass is 35.5. The molecule has 0 atom stereocenters. The zero-order valence-corrected chi connectivity index (χ0v) is 13.3. The first kappa shape index (κ1) is 14.0. The van der Waals surface area contributed by atoms with Crippen LogP contribution in [0, 0.1) is 6.92 Å². The topological polar surface area (TPSA) is 22.0 Å². The number of para-hydroxylation sites is 1. The number of halogens is 1. The van der Waals surface area contributed by atoms with Gasteiger partial charge in [0.05, 0.1) is 11.2 Å². The van der Waals surface area contributed by atoms with E-state index < -0.39 is 0 Å². The van der Waals surface area contributed by atoms with Gasteiger partial charge >= 0.3 is 0 Å². The Balaban J connectivity index is 2.25. The molecular formula is C20H14ClNO. The smallest absolute Gasteiger partial charge is 0.263 e. The summed E-state index contributed by atoms with van der Waals surface area (Å²) < 4.78 is 1.78. The van der Waals surface area contributed by atoms with E-state index in [2.05, 4.69) is 6.07 Å². The largest absolute Gasteiger partial charge is 0.276 e. The van der Waals surface area contributed by atoms with Gasteiger partial charge in [-0.3, -0.25) is 9.36 Å². The molecule has 23 heavy (non-hydrogen) atoms. The lowest BCUT2D eigenvalue weighted by Gasteiger charge is -2.15. The molecule has 0 N–H and O–H groups in total. The van der Waals surface area contributed by atoms with Crippen molar-refractivity contribution in [3.63, 3.8) is 0 Å². The van der Waals surface area contributed by atoms with Crippen LogP contribution in [0.2, 0.25) is 5.02 Å². The van der Waals surface area contributed by atoms with E-state index in [0.717, 1.165) is 32.9 Å². The van der Waals surface area contributed by atoms with E-state index in [9.17, 15) is 4.79 Å². The molecule has 0 unspecified atom stereocenters. The summed E-state index contributed by atoms with van der Waals surface area (Å²) in [7, 11) is 0. The summed E-state index contributed by atoms with van der Waals surface area (Å²) in [5, 5.41) is 3.44. The predicted molar refractivity (Wildman–Crippen MR) is 96.8 cm³/mol. The van der Waals surface area contributed by atoms with Crippen LogP contribution in [0.5, 0.6) is 0 Å². The molecule has 0 saturated heterocycles. The quantitative estimate of drug-likeness (QED) is 0.447. The second-order valence-electron chi connectivity index (χ2n) is 5.63. The van der Waals surface area contributed by atoms with E-state index in [-0.39, 0.29) is 5.56 Å². The maximum absolute atomic E-state index is 13.1. The molecule has 0 aliphatic carbocycles. The van der Waals surface area contributed by atoms with Crippen LogP contribution in [0.1, 0.15) is 5.56 Å². The fourth-order valence-corrected chi connectivity index (χ4v) is 3.37. The van der Waals surface area contributed by atoms with Gasteiger partial charge in [0.1, 0.15) is 0 Å². The van der Waals surface area contributed by atoms with Crippen LogP contribution in [0.15, 0.2) is 71.5 Å². The van der Waals surface area contributed by atoms with E-state index >= 15 is 0 Å². The molecule has 4 rings (SSSR count). The molecule has 0 fully saturated rings. The van der Waals surface area contributed by atoms with E-state index in [0.29, 0.717) is 5.02 Å². The lowest BCUT2D eigenvalue weighted by atomic mass is 10.1. The number of nitrogens with zero attached hydrogens (tertiary/aromatic N) is 1. The second kappa shape index (κ2) is 5.25. The number of aromatic nitrogens is 1. The van der Waals surface area contributed by atoms with E-state index in [1.807, 2.05) is 67.6 Å². The molecule has 0 aliphatic rings. The number of benzene rings is 3. The number of fused-ring (bicyclic) bond motifs is 3. The van der Waals surface area contributed by atoms with Crippen molar-refractivity contribution < 1.29 is 0 Å². The highest BCUT2D eigenvalue weighted by Gasteiger charge is 2.13. The molecule has 1 aromatic heterocycles. The molecule has 0 aliphatic heterocycles. The zero-order valence-electron chi connectivity index (χ0n) is 12.6. The number of rotatable bonds is 1. The van der Waals surface area contributed by atoms with Crippen LogP contribution < -0.4 is 5.56 Å². The van der Waals surface area contributed by atoms with Crippen LogP contribution >= 0.6 is 11.6 Å². The lowest BCUT2D eigenvalue weighted by molar-refractivity contribution is 1.04. The van der Waals surface area contributed by atoms with Gasteiger partial charge in [0.2, 0.25) is 0 Å². The number of pyridine rings is 1.